The molecule has 1 saturated heterocycles. The number of para-hydroxylation sites is 1. The first-order valence-corrected chi connectivity index (χ1v) is 13.0. The highest BCUT2D eigenvalue weighted by Crippen LogP contribution is 2.30. The molecule has 1 unspecified atom stereocenters. The first-order valence-electron chi connectivity index (χ1n) is 13.0. The van der Waals surface area contributed by atoms with Crippen molar-refractivity contribution in [2.45, 2.75) is 45.1 Å². The summed E-state index contributed by atoms with van der Waals surface area (Å²) >= 11 is 0. The minimum atomic E-state index is -4.40. The van der Waals surface area contributed by atoms with Crippen LogP contribution in [0.5, 0.6) is 0 Å². The fourth-order valence-electron chi connectivity index (χ4n) is 4.51. The Hall–Kier alpha value is -3.66. The summed E-state index contributed by atoms with van der Waals surface area (Å²) in [7, 11) is 0. The molecule has 1 aromatic heterocycles. The predicted octanol–water partition coefficient (Wildman–Crippen LogP) is 5.14. The van der Waals surface area contributed by atoms with Crippen molar-refractivity contribution in [2.24, 2.45) is 0 Å². The summed E-state index contributed by atoms with van der Waals surface area (Å²) in [6, 6.07) is 16.9. The van der Waals surface area contributed by atoms with Gasteiger partial charge in [0, 0.05) is 63.6 Å². The molecule has 1 fully saturated rings. The molecule has 3 aromatic rings. The van der Waals surface area contributed by atoms with E-state index < -0.39 is 11.7 Å². The van der Waals surface area contributed by atoms with Gasteiger partial charge in [-0.3, -0.25) is 4.79 Å². The van der Waals surface area contributed by atoms with E-state index in [-0.39, 0.29) is 17.8 Å². The number of anilines is 2. The van der Waals surface area contributed by atoms with Crippen LogP contribution in [0.15, 0.2) is 66.9 Å². The Labute approximate surface area is 226 Å². The zero-order chi connectivity index (χ0) is 27.8. The molecule has 2 heterocycles. The van der Waals surface area contributed by atoms with Crippen molar-refractivity contribution in [1.29, 1.82) is 0 Å². The van der Waals surface area contributed by atoms with E-state index in [1.807, 2.05) is 36.1 Å². The highest BCUT2D eigenvalue weighted by atomic mass is 19.4. The van der Waals surface area contributed by atoms with Gasteiger partial charge in [0.25, 0.3) is 0 Å². The van der Waals surface area contributed by atoms with Gasteiger partial charge in [0.05, 0.1) is 5.56 Å². The van der Waals surface area contributed by atoms with Crippen LogP contribution in [0.2, 0.25) is 0 Å². The third kappa shape index (κ3) is 8.16. The van der Waals surface area contributed by atoms with E-state index in [2.05, 4.69) is 20.5 Å². The Morgan fingerprint density at radius 3 is 2.31 bits per heavy atom. The molecule has 0 spiro atoms. The molecular formula is C29H33F4N5O. The fourth-order valence-corrected chi connectivity index (χ4v) is 4.51. The molecule has 4 rings (SSSR count). The number of pyridine rings is 1. The van der Waals surface area contributed by atoms with E-state index in [0.29, 0.717) is 57.9 Å². The maximum absolute atomic E-state index is 13.0. The van der Waals surface area contributed by atoms with E-state index >= 15 is 0 Å². The summed E-state index contributed by atoms with van der Waals surface area (Å²) in [4.78, 5) is 20.7. The molecule has 0 saturated carbocycles. The minimum absolute atomic E-state index is 0.0292. The lowest BCUT2D eigenvalue weighted by Gasteiger charge is -2.37. The number of nitrogens with one attached hydrogen (secondary N) is 2. The van der Waals surface area contributed by atoms with Gasteiger partial charge in [-0.25, -0.2) is 9.37 Å². The van der Waals surface area contributed by atoms with Crippen LogP contribution >= 0.6 is 0 Å². The maximum Gasteiger partial charge on any atom is 0.417 e. The van der Waals surface area contributed by atoms with Gasteiger partial charge >= 0.3 is 6.18 Å². The van der Waals surface area contributed by atoms with E-state index in [1.54, 1.807) is 12.1 Å². The minimum Gasteiger partial charge on any atom is -0.368 e. The lowest BCUT2D eigenvalue weighted by molar-refractivity contribution is -0.137. The van der Waals surface area contributed by atoms with Crippen LogP contribution in [0.4, 0.5) is 29.1 Å². The highest BCUT2D eigenvalue weighted by Gasteiger charge is 2.31. The summed E-state index contributed by atoms with van der Waals surface area (Å²) in [5, 5.41) is 6.38. The third-order valence-corrected chi connectivity index (χ3v) is 6.86. The SMILES string of the molecule is CC(CCC(=O)NCc1ccccc1N1CCN(c2ccc(C(F)(F)F)cn2)CC1)NCc1ccc(F)cc1. The fraction of sp³-hybridized carbons (Fsp3) is 0.379. The standard InChI is InChI=1S/C29H33F4N5O/c1-21(34-18-22-7-10-25(30)11-8-22)6-13-28(39)36-19-23-4-2-3-5-26(23)37-14-16-38(17-15-37)27-12-9-24(20-35-27)29(31,32)33/h2-5,7-12,20-21,34H,6,13-19H2,1H3,(H,36,39). The van der Waals surface area contributed by atoms with Gasteiger partial charge in [-0.2, -0.15) is 13.2 Å². The zero-order valence-corrected chi connectivity index (χ0v) is 21.8. The van der Waals surface area contributed by atoms with Gasteiger partial charge in [0.15, 0.2) is 0 Å². The normalized spacial score (nSPS) is 14.8. The van der Waals surface area contributed by atoms with Crippen LogP contribution in [0.3, 0.4) is 0 Å². The van der Waals surface area contributed by atoms with Crippen LogP contribution in [0, 0.1) is 5.82 Å². The Bertz CT molecular complexity index is 1210. The smallest absolute Gasteiger partial charge is 0.368 e. The third-order valence-electron chi connectivity index (χ3n) is 6.86. The molecule has 1 atom stereocenters. The second kappa shape index (κ2) is 12.9. The lowest BCUT2D eigenvalue weighted by atomic mass is 10.1. The van der Waals surface area contributed by atoms with Crippen molar-refractivity contribution in [1.82, 2.24) is 15.6 Å². The van der Waals surface area contributed by atoms with Gasteiger partial charge in [-0.05, 0) is 54.8 Å². The number of hydrogen-bond acceptors (Lipinski definition) is 5. The van der Waals surface area contributed by atoms with Crippen molar-refractivity contribution in [3.05, 3.63) is 89.4 Å². The average Bonchev–Trinajstić information content (AvgIpc) is 2.94. The summed E-state index contributed by atoms with van der Waals surface area (Å²) in [5.74, 6) is 0.241. The maximum atomic E-state index is 13.0. The second-order valence-electron chi connectivity index (χ2n) is 9.73. The Balaban J connectivity index is 1.23. The number of aromatic nitrogens is 1. The van der Waals surface area contributed by atoms with Gasteiger partial charge in [0.1, 0.15) is 11.6 Å². The van der Waals surface area contributed by atoms with Crippen LogP contribution in [-0.4, -0.2) is 43.1 Å². The number of halogens is 4. The molecule has 0 aliphatic carbocycles. The molecule has 208 valence electrons. The van der Waals surface area contributed by atoms with Crippen LogP contribution < -0.4 is 20.4 Å². The van der Waals surface area contributed by atoms with Crippen LogP contribution in [0.25, 0.3) is 0 Å². The highest BCUT2D eigenvalue weighted by molar-refractivity contribution is 5.76. The van der Waals surface area contributed by atoms with Crippen molar-refractivity contribution >= 4 is 17.4 Å². The van der Waals surface area contributed by atoms with Gasteiger partial charge in [0.2, 0.25) is 5.91 Å². The van der Waals surface area contributed by atoms with E-state index in [4.69, 9.17) is 0 Å². The summed E-state index contributed by atoms with van der Waals surface area (Å²) in [5.41, 5.74) is 2.28. The number of nitrogens with zero attached hydrogens (tertiary/aromatic N) is 3. The van der Waals surface area contributed by atoms with Crippen molar-refractivity contribution in [2.75, 3.05) is 36.0 Å². The number of amides is 1. The monoisotopic (exact) mass is 543 g/mol. The van der Waals surface area contributed by atoms with Crippen molar-refractivity contribution in [3.8, 4) is 0 Å². The first kappa shape index (κ1) is 28.4. The molecule has 2 N–H and O–H groups in total. The van der Waals surface area contributed by atoms with E-state index in [9.17, 15) is 22.4 Å². The molecule has 1 aliphatic heterocycles. The van der Waals surface area contributed by atoms with Crippen molar-refractivity contribution < 1.29 is 22.4 Å². The number of hydrogen-bond donors (Lipinski definition) is 2. The molecule has 10 heteroatoms. The molecule has 1 aliphatic rings. The Morgan fingerprint density at radius 2 is 1.64 bits per heavy atom. The number of piperazine rings is 1. The molecule has 1 amide bonds. The lowest BCUT2D eigenvalue weighted by Crippen LogP contribution is -2.47. The average molecular weight is 544 g/mol. The van der Waals surface area contributed by atoms with Gasteiger partial charge in [-0.15, -0.1) is 0 Å². The Kier molecular flexibility index (Phi) is 9.40. The van der Waals surface area contributed by atoms with Crippen molar-refractivity contribution in [3.63, 3.8) is 0 Å². The largest absolute Gasteiger partial charge is 0.417 e. The molecule has 2 aromatic carbocycles. The zero-order valence-electron chi connectivity index (χ0n) is 21.8. The molecule has 0 bridgehead atoms. The second-order valence-corrected chi connectivity index (χ2v) is 9.73. The Morgan fingerprint density at radius 1 is 0.949 bits per heavy atom. The van der Waals surface area contributed by atoms with Crippen LogP contribution in [0.1, 0.15) is 36.5 Å². The number of carbonyl (C=O) groups is 1. The van der Waals surface area contributed by atoms with E-state index in [1.165, 1.54) is 18.2 Å². The van der Waals surface area contributed by atoms with Crippen LogP contribution in [-0.2, 0) is 24.1 Å². The number of carbonyl (C=O) groups excluding carboxylic acids is 1. The summed E-state index contributed by atoms with van der Waals surface area (Å²) in [6.07, 6.45) is -2.46. The number of rotatable bonds is 10. The summed E-state index contributed by atoms with van der Waals surface area (Å²) < 4.78 is 51.5. The molecular weight excluding hydrogens is 510 g/mol. The number of benzene rings is 2. The van der Waals surface area contributed by atoms with Gasteiger partial charge < -0.3 is 20.4 Å². The van der Waals surface area contributed by atoms with Gasteiger partial charge in [-0.1, -0.05) is 30.3 Å². The van der Waals surface area contributed by atoms with E-state index in [0.717, 1.165) is 29.1 Å². The summed E-state index contributed by atoms with van der Waals surface area (Å²) in [6.45, 7) is 5.66. The molecule has 0 radical (unpaired) electrons. The number of alkyl halides is 3. The molecule has 6 nitrogen and oxygen atoms in total. The first-order chi connectivity index (χ1) is 18.7. The molecule has 39 heavy (non-hydrogen) atoms. The predicted molar refractivity (Wildman–Crippen MR) is 144 cm³/mol. The quantitative estimate of drug-likeness (QED) is 0.347. The topological polar surface area (TPSA) is 60.5 Å².